The van der Waals surface area contributed by atoms with Crippen LogP contribution in [0.2, 0.25) is 0 Å². The Kier molecular flexibility index (Phi) is 1.94. The van der Waals surface area contributed by atoms with Crippen molar-refractivity contribution in [3.8, 4) is 0 Å². The van der Waals surface area contributed by atoms with Gasteiger partial charge in [-0.25, -0.2) is 4.79 Å². The predicted octanol–water partition coefficient (Wildman–Crippen LogP) is 0.885. The number of hydrogen-bond donors (Lipinski definition) is 1. The predicted molar refractivity (Wildman–Crippen MR) is 35.8 cm³/mol. The van der Waals surface area contributed by atoms with E-state index in [0.717, 1.165) is 6.42 Å². The van der Waals surface area contributed by atoms with Crippen LogP contribution in [0.4, 0.5) is 0 Å². The van der Waals surface area contributed by atoms with E-state index in [0.29, 0.717) is 0 Å². The van der Waals surface area contributed by atoms with E-state index in [1.165, 1.54) is 0 Å². The summed E-state index contributed by atoms with van der Waals surface area (Å²) in [5, 5.41) is 8.58. The van der Waals surface area contributed by atoms with Gasteiger partial charge in [0, 0.05) is 0 Å². The molecular weight excluding hydrogens is 132 g/mol. The Morgan fingerprint density at radius 1 is 1.60 bits per heavy atom. The lowest BCUT2D eigenvalue weighted by atomic mass is 10.0. The molecule has 1 rings (SSSR count). The summed E-state index contributed by atoms with van der Waals surface area (Å²) in [6.07, 6.45) is 0.392. The summed E-state index contributed by atoms with van der Waals surface area (Å²) < 4.78 is 5.14. The Hall–Kier alpha value is -0.570. The number of carbonyl (C=O) groups is 1. The van der Waals surface area contributed by atoms with Gasteiger partial charge in [0.05, 0.1) is 6.10 Å². The summed E-state index contributed by atoms with van der Waals surface area (Å²) in [5.41, 5.74) is 0. The fourth-order valence-corrected chi connectivity index (χ4v) is 1.39. The maximum absolute atomic E-state index is 10.4. The first-order valence-electron chi connectivity index (χ1n) is 3.49. The number of ether oxygens (including phenoxy) is 1. The van der Waals surface area contributed by atoms with Crippen LogP contribution in [0.5, 0.6) is 0 Å². The number of hydrogen-bond acceptors (Lipinski definition) is 2. The van der Waals surface area contributed by atoms with E-state index in [2.05, 4.69) is 0 Å². The molecule has 0 amide bonds. The van der Waals surface area contributed by atoms with Crippen molar-refractivity contribution >= 4 is 5.97 Å². The van der Waals surface area contributed by atoms with E-state index < -0.39 is 12.1 Å². The van der Waals surface area contributed by atoms with E-state index in [4.69, 9.17) is 9.84 Å². The van der Waals surface area contributed by atoms with Crippen molar-refractivity contribution in [2.75, 3.05) is 0 Å². The first kappa shape index (κ1) is 7.54. The molecule has 1 fully saturated rings. The van der Waals surface area contributed by atoms with Gasteiger partial charge in [-0.1, -0.05) is 6.92 Å². The molecule has 3 nitrogen and oxygen atoms in total. The van der Waals surface area contributed by atoms with Crippen LogP contribution in [-0.4, -0.2) is 23.3 Å². The molecule has 0 aromatic carbocycles. The minimum absolute atomic E-state index is 0.107. The van der Waals surface area contributed by atoms with Crippen LogP contribution in [0.1, 0.15) is 20.3 Å². The van der Waals surface area contributed by atoms with Gasteiger partial charge in [0.25, 0.3) is 0 Å². The SMILES string of the molecule is C[C@@H]1C[C@H](C)[C@H](C(=O)O)O1. The molecule has 1 aliphatic heterocycles. The molecule has 0 aromatic rings. The molecule has 10 heavy (non-hydrogen) atoms. The van der Waals surface area contributed by atoms with Crippen LogP contribution in [0.25, 0.3) is 0 Å². The Morgan fingerprint density at radius 3 is 2.40 bits per heavy atom. The van der Waals surface area contributed by atoms with Crippen molar-refractivity contribution in [1.29, 1.82) is 0 Å². The average Bonchev–Trinajstić information content (AvgIpc) is 2.10. The zero-order chi connectivity index (χ0) is 7.72. The van der Waals surface area contributed by atoms with Crippen molar-refractivity contribution < 1.29 is 14.6 Å². The van der Waals surface area contributed by atoms with Crippen molar-refractivity contribution in [3.63, 3.8) is 0 Å². The zero-order valence-electron chi connectivity index (χ0n) is 6.20. The van der Waals surface area contributed by atoms with E-state index >= 15 is 0 Å². The number of carboxylic acid groups (broad SMARTS) is 1. The van der Waals surface area contributed by atoms with Crippen LogP contribution in [-0.2, 0) is 9.53 Å². The molecular formula is C7H12O3. The van der Waals surface area contributed by atoms with E-state index in [9.17, 15) is 4.79 Å². The molecule has 58 valence electrons. The molecule has 1 N–H and O–H groups in total. The van der Waals surface area contributed by atoms with E-state index in [-0.39, 0.29) is 12.0 Å². The summed E-state index contributed by atoms with van der Waals surface area (Å²) in [6, 6.07) is 0. The zero-order valence-corrected chi connectivity index (χ0v) is 6.20. The van der Waals surface area contributed by atoms with Gasteiger partial charge in [0.2, 0.25) is 0 Å². The van der Waals surface area contributed by atoms with Gasteiger partial charge in [-0.2, -0.15) is 0 Å². The standard InChI is InChI=1S/C7H12O3/c1-4-3-5(2)10-6(4)7(8)9/h4-6H,3H2,1-2H3,(H,8,9)/t4-,5+,6+/m0/s1. The summed E-state index contributed by atoms with van der Waals surface area (Å²) in [4.78, 5) is 10.4. The maximum Gasteiger partial charge on any atom is 0.333 e. The fourth-order valence-electron chi connectivity index (χ4n) is 1.39. The highest BCUT2D eigenvalue weighted by atomic mass is 16.5. The largest absolute Gasteiger partial charge is 0.479 e. The maximum atomic E-state index is 10.4. The van der Waals surface area contributed by atoms with Gasteiger partial charge in [-0.3, -0.25) is 0 Å². The molecule has 0 saturated carbocycles. The summed E-state index contributed by atoms with van der Waals surface area (Å²) in [7, 11) is 0. The molecule has 3 atom stereocenters. The van der Waals surface area contributed by atoms with Crippen LogP contribution >= 0.6 is 0 Å². The van der Waals surface area contributed by atoms with Crippen LogP contribution < -0.4 is 0 Å². The molecule has 3 heteroatoms. The van der Waals surface area contributed by atoms with Crippen molar-refractivity contribution in [2.45, 2.75) is 32.5 Å². The second-order valence-electron chi connectivity index (χ2n) is 2.92. The average molecular weight is 144 g/mol. The van der Waals surface area contributed by atoms with E-state index in [1.54, 1.807) is 0 Å². The van der Waals surface area contributed by atoms with Gasteiger partial charge in [0.15, 0.2) is 6.10 Å². The summed E-state index contributed by atoms with van der Waals surface area (Å²) in [6.45, 7) is 3.81. The highest BCUT2D eigenvalue weighted by Gasteiger charge is 2.34. The second kappa shape index (κ2) is 2.58. The molecule has 0 bridgehead atoms. The van der Waals surface area contributed by atoms with Gasteiger partial charge >= 0.3 is 5.97 Å². The van der Waals surface area contributed by atoms with Crippen molar-refractivity contribution in [2.24, 2.45) is 5.92 Å². The quantitative estimate of drug-likeness (QED) is 0.594. The first-order valence-corrected chi connectivity index (χ1v) is 3.49. The number of aliphatic carboxylic acids is 1. The third-order valence-electron chi connectivity index (χ3n) is 1.84. The van der Waals surface area contributed by atoms with Gasteiger partial charge in [-0.05, 0) is 19.3 Å². The Bertz CT molecular complexity index is 144. The molecule has 1 heterocycles. The third kappa shape index (κ3) is 1.29. The van der Waals surface area contributed by atoms with Crippen molar-refractivity contribution in [3.05, 3.63) is 0 Å². The molecule has 0 aliphatic carbocycles. The van der Waals surface area contributed by atoms with Crippen LogP contribution in [0.3, 0.4) is 0 Å². The smallest absolute Gasteiger partial charge is 0.333 e. The van der Waals surface area contributed by atoms with Crippen LogP contribution in [0, 0.1) is 5.92 Å². The van der Waals surface area contributed by atoms with Gasteiger partial charge in [-0.15, -0.1) is 0 Å². The number of carboxylic acids is 1. The Morgan fingerprint density at radius 2 is 2.20 bits per heavy atom. The van der Waals surface area contributed by atoms with Gasteiger partial charge in [0.1, 0.15) is 0 Å². The van der Waals surface area contributed by atoms with E-state index in [1.807, 2.05) is 13.8 Å². The summed E-state index contributed by atoms with van der Waals surface area (Å²) in [5.74, 6) is -0.677. The Labute approximate surface area is 60.0 Å². The normalized spacial score (nSPS) is 40.0. The lowest BCUT2D eigenvalue weighted by Crippen LogP contribution is -2.24. The summed E-state index contributed by atoms with van der Waals surface area (Å²) >= 11 is 0. The van der Waals surface area contributed by atoms with Crippen molar-refractivity contribution in [1.82, 2.24) is 0 Å². The monoisotopic (exact) mass is 144 g/mol. The minimum atomic E-state index is -0.836. The second-order valence-corrected chi connectivity index (χ2v) is 2.92. The highest BCUT2D eigenvalue weighted by Crippen LogP contribution is 2.25. The van der Waals surface area contributed by atoms with Gasteiger partial charge < -0.3 is 9.84 Å². The lowest BCUT2D eigenvalue weighted by molar-refractivity contribution is -0.150. The number of rotatable bonds is 1. The van der Waals surface area contributed by atoms with Crippen LogP contribution in [0.15, 0.2) is 0 Å². The first-order chi connectivity index (χ1) is 4.61. The highest BCUT2D eigenvalue weighted by molar-refractivity contribution is 5.73. The Balaban J connectivity index is 2.54. The molecule has 0 spiro atoms. The molecule has 1 saturated heterocycles. The molecule has 1 aliphatic rings. The lowest BCUT2D eigenvalue weighted by Gasteiger charge is -2.07. The molecule has 0 radical (unpaired) electrons. The third-order valence-corrected chi connectivity index (χ3v) is 1.84. The fraction of sp³-hybridized carbons (Fsp3) is 0.857. The topological polar surface area (TPSA) is 46.5 Å². The minimum Gasteiger partial charge on any atom is -0.479 e. The molecule has 0 unspecified atom stereocenters. The molecule has 0 aromatic heterocycles.